The minimum atomic E-state index is -0.828. The van der Waals surface area contributed by atoms with Crippen LogP contribution >= 0.6 is 0 Å². The van der Waals surface area contributed by atoms with Crippen LogP contribution in [0, 0.1) is 12.5 Å². The van der Waals surface area contributed by atoms with E-state index in [-0.39, 0.29) is 18.8 Å². The second-order valence-corrected chi connectivity index (χ2v) is 2.21. The predicted molar refractivity (Wildman–Crippen MR) is 51.3 cm³/mol. The first-order chi connectivity index (χ1) is 7.17. The Kier molecular flexibility index (Phi) is 6.47. The number of terminal acetylenes is 1. The molecule has 0 amide bonds. The van der Waals surface area contributed by atoms with E-state index in [1.54, 1.807) is 20.0 Å². The highest BCUT2D eigenvalue weighted by Crippen LogP contribution is 2.02. The van der Waals surface area contributed by atoms with Crippen LogP contribution in [0.2, 0.25) is 0 Å². The van der Waals surface area contributed by atoms with Gasteiger partial charge in [0.2, 0.25) is 0 Å². The van der Waals surface area contributed by atoms with Gasteiger partial charge in [-0.1, -0.05) is 6.42 Å². The summed E-state index contributed by atoms with van der Waals surface area (Å²) in [5.41, 5.74) is -0.364. The summed E-state index contributed by atoms with van der Waals surface area (Å²) >= 11 is 0. The Labute approximate surface area is 88.0 Å². The van der Waals surface area contributed by atoms with Gasteiger partial charge < -0.3 is 14.2 Å². The van der Waals surface area contributed by atoms with Gasteiger partial charge in [0.25, 0.3) is 0 Å². The Balaban J connectivity index is 4.66. The average molecular weight is 212 g/mol. The molecule has 0 aromatic rings. The van der Waals surface area contributed by atoms with Crippen LogP contribution in [0.25, 0.3) is 0 Å². The lowest BCUT2D eigenvalue weighted by Crippen LogP contribution is -2.18. The molecule has 0 rings (SSSR count). The van der Waals surface area contributed by atoms with Gasteiger partial charge in [-0.25, -0.2) is 9.59 Å². The molecular formula is C10H12O5. The molecule has 0 aromatic heterocycles. The molecule has 0 unspecified atom stereocenters. The van der Waals surface area contributed by atoms with Gasteiger partial charge in [0.15, 0.2) is 5.57 Å². The third-order valence-electron chi connectivity index (χ3n) is 1.24. The van der Waals surface area contributed by atoms with Gasteiger partial charge in [0.1, 0.15) is 12.4 Å². The molecule has 0 N–H and O–H groups in total. The topological polar surface area (TPSA) is 61.8 Å². The van der Waals surface area contributed by atoms with Crippen LogP contribution in [-0.4, -0.2) is 25.2 Å². The van der Waals surface area contributed by atoms with Crippen LogP contribution in [0.3, 0.4) is 0 Å². The summed E-state index contributed by atoms with van der Waals surface area (Å²) in [6.45, 7) is 3.52. The highest BCUT2D eigenvalue weighted by Gasteiger charge is 2.21. The molecule has 0 fully saturated rings. The largest absolute Gasteiger partial charge is 0.462 e. The van der Waals surface area contributed by atoms with Crippen molar-refractivity contribution < 1.29 is 23.8 Å². The maximum absolute atomic E-state index is 11.2. The molecule has 0 radical (unpaired) electrons. The number of esters is 2. The molecule has 0 aromatic carbocycles. The van der Waals surface area contributed by atoms with Gasteiger partial charge in [0, 0.05) is 0 Å². The van der Waals surface area contributed by atoms with E-state index in [0.717, 1.165) is 6.26 Å². The second kappa shape index (κ2) is 7.44. The van der Waals surface area contributed by atoms with Crippen molar-refractivity contribution in [2.45, 2.75) is 13.8 Å². The monoisotopic (exact) mass is 212 g/mol. The number of carbonyl (C=O) groups is 2. The summed E-state index contributed by atoms with van der Waals surface area (Å²) in [4.78, 5) is 22.5. The summed E-state index contributed by atoms with van der Waals surface area (Å²) < 4.78 is 13.6. The molecule has 15 heavy (non-hydrogen) atoms. The van der Waals surface area contributed by atoms with Crippen LogP contribution in [0.4, 0.5) is 0 Å². The van der Waals surface area contributed by atoms with Gasteiger partial charge in [-0.2, -0.15) is 0 Å². The SMILES string of the molecule is C#COC=C(C(=O)OCC)C(=O)OCC. The number of rotatable bonds is 5. The van der Waals surface area contributed by atoms with Crippen molar-refractivity contribution >= 4 is 11.9 Å². The lowest BCUT2D eigenvalue weighted by Gasteiger charge is -2.04. The van der Waals surface area contributed by atoms with E-state index in [0.29, 0.717) is 0 Å². The molecule has 0 saturated carbocycles. The Morgan fingerprint density at radius 3 is 2.00 bits per heavy atom. The highest BCUT2D eigenvalue weighted by atomic mass is 16.6. The first-order valence-corrected chi connectivity index (χ1v) is 4.33. The van der Waals surface area contributed by atoms with Crippen molar-refractivity contribution in [1.29, 1.82) is 0 Å². The van der Waals surface area contributed by atoms with Crippen LogP contribution < -0.4 is 0 Å². The number of hydrogen-bond donors (Lipinski definition) is 0. The van der Waals surface area contributed by atoms with E-state index in [9.17, 15) is 9.59 Å². The first kappa shape index (κ1) is 13.0. The smallest absolute Gasteiger partial charge is 0.348 e. The molecule has 0 spiro atoms. The zero-order valence-electron chi connectivity index (χ0n) is 8.61. The molecule has 0 aliphatic rings. The Hall–Kier alpha value is -1.96. The quantitative estimate of drug-likeness (QED) is 0.167. The van der Waals surface area contributed by atoms with E-state index in [2.05, 4.69) is 14.2 Å². The number of hydrogen-bond acceptors (Lipinski definition) is 5. The van der Waals surface area contributed by atoms with Crippen molar-refractivity contribution in [1.82, 2.24) is 0 Å². The molecule has 82 valence electrons. The number of carbonyl (C=O) groups excluding carboxylic acids is 2. The minimum absolute atomic E-state index is 0.144. The summed E-state index contributed by atoms with van der Waals surface area (Å²) in [6.07, 6.45) is 7.43. The van der Waals surface area contributed by atoms with Crippen molar-refractivity contribution in [3.63, 3.8) is 0 Å². The maximum Gasteiger partial charge on any atom is 0.348 e. The fraction of sp³-hybridized carbons (Fsp3) is 0.400. The van der Waals surface area contributed by atoms with E-state index in [1.165, 1.54) is 0 Å². The standard InChI is InChI=1S/C10H12O5/c1-4-13-7-8(9(11)14-5-2)10(12)15-6-3/h1,7H,5-6H2,2-3H3. The number of ether oxygens (including phenoxy) is 3. The predicted octanol–water partition coefficient (Wildman–Crippen LogP) is 0.604. The molecule has 0 heterocycles. The van der Waals surface area contributed by atoms with Crippen molar-refractivity contribution in [3.8, 4) is 12.5 Å². The fourth-order valence-corrected chi connectivity index (χ4v) is 0.690. The summed E-state index contributed by atoms with van der Waals surface area (Å²) in [6, 6.07) is 0. The summed E-state index contributed by atoms with van der Waals surface area (Å²) in [7, 11) is 0. The van der Waals surface area contributed by atoms with E-state index in [4.69, 9.17) is 6.42 Å². The minimum Gasteiger partial charge on any atom is -0.462 e. The molecule has 0 bridgehead atoms. The van der Waals surface area contributed by atoms with Crippen molar-refractivity contribution in [3.05, 3.63) is 11.8 Å². The van der Waals surface area contributed by atoms with Crippen LogP contribution in [0.5, 0.6) is 0 Å². The second-order valence-electron chi connectivity index (χ2n) is 2.21. The molecular weight excluding hydrogens is 200 g/mol. The molecule has 5 heteroatoms. The Morgan fingerprint density at radius 1 is 1.20 bits per heavy atom. The van der Waals surface area contributed by atoms with E-state index in [1.807, 2.05) is 0 Å². The zero-order valence-corrected chi connectivity index (χ0v) is 8.61. The highest BCUT2D eigenvalue weighted by molar-refractivity contribution is 6.13. The Bertz CT molecular complexity index is 277. The molecule has 0 aliphatic carbocycles. The van der Waals surface area contributed by atoms with Gasteiger partial charge in [-0.15, -0.1) is 0 Å². The third-order valence-corrected chi connectivity index (χ3v) is 1.24. The molecule has 0 aliphatic heterocycles. The van der Waals surface area contributed by atoms with Crippen LogP contribution in [-0.2, 0) is 23.8 Å². The lowest BCUT2D eigenvalue weighted by molar-refractivity contribution is -0.146. The molecule has 5 nitrogen and oxygen atoms in total. The van der Waals surface area contributed by atoms with Crippen molar-refractivity contribution in [2.24, 2.45) is 0 Å². The summed E-state index contributed by atoms with van der Waals surface area (Å²) in [5, 5.41) is 0. The lowest BCUT2D eigenvalue weighted by atomic mass is 10.3. The van der Waals surface area contributed by atoms with Gasteiger partial charge in [0.05, 0.1) is 13.2 Å². The first-order valence-electron chi connectivity index (χ1n) is 4.33. The third kappa shape index (κ3) is 4.72. The fourth-order valence-electron chi connectivity index (χ4n) is 0.690. The average Bonchev–Trinajstić information content (AvgIpc) is 2.19. The normalized spacial score (nSPS) is 8.33. The summed E-state index contributed by atoms with van der Waals surface area (Å²) in [5.74, 6) is -1.66. The van der Waals surface area contributed by atoms with Gasteiger partial charge in [-0.05, 0) is 13.8 Å². The van der Waals surface area contributed by atoms with E-state index < -0.39 is 11.9 Å². The van der Waals surface area contributed by atoms with Crippen LogP contribution in [0.15, 0.2) is 11.8 Å². The van der Waals surface area contributed by atoms with Gasteiger partial charge >= 0.3 is 11.9 Å². The van der Waals surface area contributed by atoms with Gasteiger partial charge in [-0.3, -0.25) is 0 Å². The Morgan fingerprint density at radius 2 is 1.67 bits per heavy atom. The molecule has 0 atom stereocenters. The van der Waals surface area contributed by atoms with E-state index >= 15 is 0 Å². The zero-order chi connectivity index (χ0) is 11.7. The van der Waals surface area contributed by atoms with Crippen LogP contribution in [0.1, 0.15) is 13.8 Å². The van der Waals surface area contributed by atoms with Crippen molar-refractivity contribution in [2.75, 3.05) is 13.2 Å². The molecule has 0 saturated heterocycles. The maximum atomic E-state index is 11.2.